The van der Waals surface area contributed by atoms with E-state index in [2.05, 4.69) is 20.5 Å². The smallest absolute Gasteiger partial charge is 0.297 e. The Labute approximate surface area is 205 Å². The van der Waals surface area contributed by atoms with Gasteiger partial charge in [-0.2, -0.15) is 4.98 Å². The lowest BCUT2D eigenvalue weighted by molar-refractivity contribution is 0.0342. The van der Waals surface area contributed by atoms with Gasteiger partial charge in [0, 0.05) is 60.6 Å². The van der Waals surface area contributed by atoms with Crippen LogP contribution in [0.15, 0.2) is 28.9 Å². The van der Waals surface area contributed by atoms with Gasteiger partial charge in [-0.05, 0) is 24.1 Å². The topological polar surface area (TPSA) is 118 Å². The minimum Gasteiger partial charge on any atom is -0.431 e. The first-order valence-electron chi connectivity index (χ1n) is 11.7. The number of carbonyl (C=O) groups is 2. The fourth-order valence-electron chi connectivity index (χ4n) is 3.57. The van der Waals surface area contributed by atoms with Crippen molar-refractivity contribution in [3.05, 3.63) is 41.3 Å². The average molecular weight is 490 g/mol. The monoisotopic (exact) mass is 489 g/mol. The summed E-state index contributed by atoms with van der Waals surface area (Å²) in [6.07, 6.45) is 1.99. The third-order valence-electron chi connectivity index (χ3n) is 5.58. The van der Waals surface area contributed by atoms with E-state index >= 15 is 0 Å². The molecule has 0 spiro atoms. The molecule has 35 heavy (non-hydrogen) atoms. The van der Waals surface area contributed by atoms with Crippen LogP contribution in [0, 0.1) is 0 Å². The van der Waals surface area contributed by atoms with Crippen molar-refractivity contribution in [2.75, 3.05) is 84.1 Å². The van der Waals surface area contributed by atoms with Crippen LogP contribution in [-0.4, -0.2) is 95.6 Å². The lowest BCUT2D eigenvalue weighted by Gasteiger charge is -2.26. The number of nitrogens with zero attached hydrogens (tertiary/aromatic N) is 3. The van der Waals surface area contributed by atoms with Gasteiger partial charge in [-0.1, -0.05) is 6.07 Å². The summed E-state index contributed by atoms with van der Waals surface area (Å²) in [6, 6.07) is 5.80. The molecule has 0 bridgehead atoms. The van der Waals surface area contributed by atoms with E-state index in [4.69, 9.17) is 18.6 Å². The number of nitrogens with one attached hydrogen (secondary N) is 2. The molecule has 2 heterocycles. The molecular weight excluding hydrogens is 454 g/mol. The second kappa shape index (κ2) is 13.8. The molecule has 2 aromatic rings. The summed E-state index contributed by atoms with van der Waals surface area (Å²) in [5.41, 5.74) is 1.90. The van der Waals surface area contributed by atoms with Crippen LogP contribution in [0.2, 0.25) is 0 Å². The minimum atomic E-state index is -0.463. The van der Waals surface area contributed by atoms with E-state index in [1.54, 1.807) is 32.2 Å². The summed E-state index contributed by atoms with van der Waals surface area (Å²) < 4.78 is 21.0. The Morgan fingerprint density at radius 3 is 2.66 bits per heavy atom. The lowest BCUT2D eigenvalue weighted by Crippen LogP contribution is -2.35. The summed E-state index contributed by atoms with van der Waals surface area (Å²) in [4.78, 5) is 34.2. The molecule has 0 aliphatic carbocycles. The van der Waals surface area contributed by atoms with E-state index < -0.39 is 5.91 Å². The molecule has 1 aliphatic heterocycles. The van der Waals surface area contributed by atoms with Crippen LogP contribution in [0.1, 0.15) is 32.8 Å². The number of morpholine rings is 1. The van der Waals surface area contributed by atoms with E-state index in [0.717, 1.165) is 18.7 Å². The summed E-state index contributed by atoms with van der Waals surface area (Å²) in [5, 5.41) is 5.71. The third kappa shape index (κ3) is 8.03. The van der Waals surface area contributed by atoms with E-state index in [9.17, 15) is 9.59 Å². The van der Waals surface area contributed by atoms with Crippen molar-refractivity contribution in [3.8, 4) is 0 Å². The molecule has 1 aliphatic rings. The van der Waals surface area contributed by atoms with E-state index in [1.807, 2.05) is 12.1 Å². The van der Waals surface area contributed by atoms with Crippen LogP contribution in [-0.2, 0) is 20.8 Å². The molecule has 0 atom stereocenters. The minimum absolute atomic E-state index is 0.119. The number of likely N-dealkylation sites (N-methyl/N-ethyl adjacent to an activating group) is 1. The number of oxazole rings is 1. The number of methoxy groups -OCH3 is 2. The van der Waals surface area contributed by atoms with Crippen molar-refractivity contribution in [2.45, 2.75) is 13.0 Å². The molecule has 0 radical (unpaired) electrons. The molecule has 0 saturated carbocycles. The van der Waals surface area contributed by atoms with Gasteiger partial charge in [0.15, 0.2) is 5.69 Å². The number of aromatic nitrogens is 1. The fourth-order valence-corrected chi connectivity index (χ4v) is 3.57. The van der Waals surface area contributed by atoms with Gasteiger partial charge in [-0.3, -0.25) is 14.5 Å². The predicted molar refractivity (Wildman–Crippen MR) is 131 cm³/mol. The molecule has 2 N–H and O–H groups in total. The zero-order valence-corrected chi connectivity index (χ0v) is 20.7. The van der Waals surface area contributed by atoms with Gasteiger partial charge in [-0.25, -0.2) is 0 Å². The molecule has 3 rings (SSSR count). The predicted octanol–water partition coefficient (Wildman–Crippen LogP) is 1.61. The zero-order chi connectivity index (χ0) is 25.0. The maximum atomic E-state index is 13.0. The van der Waals surface area contributed by atoms with Gasteiger partial charge in [0.2, 0.25) is 0 Å². The Morgan fingerprint density at radius 2 is 1.91 bits per heavy atom. The molecule has 192 valence electrons. The number of amides is 2. The van der Waals surface area contributed by atoms with Crippen LogP contribution in [0.25, 0.3) is 0 Å². The van der Waals surface area contributed by atoms with Crippen LogP contribution >= 0.6 is 0 Å². The van der Waals surface area contributed by atoms with Crippen LogP contribution in [0.3, 0.4) is 0 Å². The van der Waals surface area contributed by atoms with Crippen molar-refractivity contribution in [2.24, 2.45) is 0 Å². The van der Waals surface area contributed by atoms with E-state index in [0.29, 0.717) is 69.7 Å². The molecule has 0 unspecified atom stereocenters. The number of benzene rings is 1. The van der Waals surface area contributed by atoms with Gasteiger partial charge in [0.05, 0.1) is 31.1 Å². The highest BCUT2D eigenvalue weighted by Crippen LogP contribution is 2.21. The quantitative estimate of drug-likeness (QED) is 0.405. The highest BCUT2D eigenvalue weighted by Gasteiger charge is 2.20. The first-order valence-corrected chi connectivity index (χ1v) is 11.7. The van der Waals surface area contributed by atoms with Crippen molar-refractivity contribution in [1.82, 2.24) is 15.2 Å². The molecule has 1 saturated heterocycles. The normalized spacial score (nSPS) is 14.0. The molecule has 11 nitrogen and oxygen atoms in total. The zero-order valence-electron chi connectivity index (χ0n) is 20.7. The van der Waals surface area contributed by atoms with Crippen molar-refractivity contribution in [1.29, 1.82) is 0 Å². The summed E-state index contributed by atoms with van der Waals surface area (Å²) >= 11 is 0. The maximum absolute atomic E-state index is 13.0. The number of anilines is 2. The van der Waals surface area contributed by atoms with Gasteiger partial charge in [0.1, 0.15) is 6.26 Å². The number of ether oxygens (including phenoxy) is 3. The van der Waals surface area contributed by atoms with E-state index in [1.165, 1.54) is 6.26 Å². The first kappa shape index (κ1) is 26.6. The Morgan fingerprint density at radius 1 is 1.14 bits per heavy atom. The first-order chi connectivity index (χ1) is 17.0. The Balaban J connectivity index is 1.74. The number of carbonyl (C=O) groups excluding carboxylic acids is 2. The van der Waals surface area contributed by atoms with Gasteiger partial charge >= 0.3 is 0 Å². The van der Waals surface area contributed by atoms with Crippen molar-refractivity contribution in [3.63, 3.8) is 0 Å². The molecular formula is C24H35N5O6. The van der Waals surface area contributed by atoms with Crippen LogP contribution in [0.4, 0.5) is 11.7 Å². The molecule has 1 aromatic heterocycles. The van der Waals surface area contributed by atoms with Crippen molar-refractivity contribution >= 4 is 23.5 Å². The summed E-state index contributed by atoms with van der Waals surface area (Å²) in [7, 11) is 5.03. The summed E-state index contributed by atoms with van der Waals surface area (Å²) in [6.45, 7) is 5.85. The lowest BCUT2D eigenvalue weighted by atomic mass is 10.1. The van der Waals surface area contributed by atoms with Crippen LogP contribution in [0.5, 0.6) is 0 Å². The second-order valence-corrected chi connectivity index (χ2v) is 8.25. The van der Waals surface area contributed by atoms with Gasteiger partial charge in [0.25, 0.3) is 17.8 Å². The van der Waals surface area contributed by atoms with E-state index in [-0.39, 0.29) is 11.6 Å². The fraction of sp³-hybridized carbons (Fsp3) is 0.542. The van der Waals surface area contributed by atoms with Gasteiger partial charge in [-0.15, -0.1) is 0 Å². The van der Waals surface area contributed by atoms with Gasteiger partial charge < -0.3 is 34.2 Å². The molecule has 2 amide bonds. The van der Waals surface area contributed by atoms with Crippen molar-refractivity contribution < 1.29 is 28.2 Å². The molecule has 11 heteroatoms. The number of hydrogen-bond donors (Lipinski definition) is 2. The molecule has 1 aromatic carbocycles. The molecule has 1 fully saturated rings. The second-order valence-electron chi connectivity index (χ2n) is 8.25. The average Bonchev–Trinajstić information content (AvgIpc) is 3.37. The largest absolute Gasteiger partial charge is 0.431 e. The standard InChI is InChI=1S/C24H35N5O6/c1-28(8-12-33-3)24-27-21(17-35-24)23(31)26-20-6-5-18(16-29-9-13-34-14-10-29)15-19(20)22(30)25-7-4-11-32-2/h5-6,15,17H,4,7-14,16H2,1-3H3,(H,25,30)(H,26,31). The Bertz CT molecular complexity index is 960. The summed E-state index contributed by atoms with van der Waals surface area (Å²) in [5.74, 6) is -0.727. The van der Waals surface area contributed by atoms with Crippen LogP contribution < -0.4 is 15.5 Å². The highest BCUT2D eigenvalue weighted by molar-refractivity contribution is 6.08. The number of hydrogen-bond acceptors (Lipinski definition) is 9. The maximum Gasteiger partial charge on any atom is 0.297 e. The SMILES string of the molecule is COCCCNC(=O)c1cc(CN2CCOCC2)ccc1NC(=O)c1coc(N(C)CCOC)n1. The highest BCUT2D eigenvalue weighted by atomic mass is 16.5. The third-order valence-corrected chi connectivity index (χ3v) is 5.58. The number of rotatable bonds is 13. The Hall–Kier alpha value is -2.99. The Kier molecular flexibility index (Phi) is 10.5.